The summed E-state index contributed by atoms with van der Waals surface area (Å²) in [5.41, 5.74) is 7.82. The molecule has 3 amide bonds. The molecule has 3 aromatic rings. The molecule has 3 rings (SSSR count). The Morgan fingerprint density at radius 2 is 1.93 bits per heavy atom. The van der Waals surface area contributed by atoms with Gasteiger partial charge in [0.25, 0.3) is 5.91 Å². The van der Waals surface area contributed by atoms with E-state index in [9.17, 15) is 14.4 Å². The monoisotopic (exact) mass is 397 g/mol. The van der Waals surface area contributed by atoms with Gasteiger partial charge in [0.2, 0.25) is 5.76 Å². The van der Waals surface area contributed by atoms with Gasteiger partial charge in [0.05, 0.1) is 6.42 Å². The number of carbonyl (C=O) groups is 3. The van der Waals surface area contributed by atoms with E-state index < -0.39 is 17.9 Å². The van der Waals surface area contributed by atoms with Crippen molar-refractivity contribution >= 4 is 29.4 Å². The number of amides is 3. The summed E-state index contributed by atoms with van der Waals surface area (Å²) in [6.45, 7) is 3.80. The molecule has 0 atom stereocenters. The molecule has 0 spiro atoms. The zero-order valence-electron chi connectivity index (χ0n) is 15.7. The van der Waals surface area contributed by atoms with Crippen LogP contribution in [0, 0.1) is 13.8 Å². The Bertz CT molecular complexity index is 1100. The Balaban J connectivity index is 1.76. The van der Waals surface area contributed by atoms with Gasteiger partial charge in [0, 0.05) is 5.69 Å². The second-order valence-corrected chi connectivity index (χ2v) is 6.42. The van der Waals surface area contributed by atoms with Crippen LogP contribution in [0.5, 0.6) is 0 Å². The number of nitrogens with zero attached hydrogens (tertiary/aromatic N) is 1. The minimum Gasteiger partial charge on any atom is -0.475 e. The van der Waals surface area contributed by atoms with E-state index in [0.717, 1.165) is 11.1 Å². The fourth-order valence-corrected chi connectivity index (χ4v) is 2.74. The number of H-pyrrole nitrogens is 1. The molecule has 0 saturated carbocycles. The van der Waals surface area contributed by atoms with Crippen LogP contribution in [0.15, 0.2) is 34.7 Å². The Labute approximate surface area is 165 Å². The quantitative estimate of drug-likeness (QED) is 0.429. The van der Waals surface area contributed by atoms with Crippen molar-refractivity contribution in [3.63, 3.8) is 0 Å². The number of hydrogen-bond acceptors (Lipinski definition) is 5. The number of hydrogen-bond donors (Lipinski definition) is 5. The van der Waals surface area contributed by atoms with Crippen molar-refractivity contribution in [3.05, 3.63) is 64.5 Å². The first-order valence-electron chi connectivity index (χ1n) is 8.59. The summed E-state index contributed by atoms with van der Waals surface area (Å²) in [4.78, 5) is 41.8. The normalized spacial score (nSPS) is 10.6. The lowest BCUT2D eigenvalue weighted by atomic mass is 10.1. The van der Waals surface area contributed by atoms with Crippen molar-refractivity contribution in [3.8, 4) is 0 Å². The van der Waals surface area contributed by atoms with Gasteiger partial charge >= 0.3 is 12.0 Å². The van der Waals surface area contributed by atoms with E-state index in [2.05, 4.69) is 20.6 Å². The lowest BCUT2D eigenvalue weighted by Gasteiger charge is -2.09. The third-order valence-electron chi connectivity index (χ3n) is 4.08. The fourth-order valence-electron chi connectivity index (χ4n) is 2.74. The van der Waals surface area contributed by atoms with E-state index in [0.29, 0.717) is 11.4 Å². The molecule has 2 aromatic heterocycles. The third-order valence-corrected chi connectivity index (χ3v) is 4.08. The smallest absolute Gasteiger partial charge is 0.371 e. The second kappa shape index (κ2) is 7.89. The number of aromatic amines is 1. The number of benzene rings is 1. The molecule has 2 heterocycles. The first-order valence-corrected chi connectivity index (χ1v) is 8.59. The number of imidazole rings is 1. The summed E-state index contributed by atoms with van der Waals surface area (Å²) in [5.74, 6) is -1.67. The van der Waals surface area contributed by atoms with E-state index in [4.69, 9.17) is 15.3 Å². The summed E-state index contributed by atoms with van der Waals surface area (Å²) in [6.07, 6.45) is 0.0773. The number of furan rings is 1. The average Bonchev–Trinajstić information content (AvgIpc) is 3.25. The number of urea groups is 1. The molecule has 0 aliphatic carbocycles. The number of nitrogens with one attached hydrogen (secondary N) is 3. The highest BCUT2D eigenvalue weighted by Crippen LogP contribution is 2.19. The maximum Gasteiger partial charge on any atom is 0.371 e. The number of primary amides is 1. The van der Waals surface area contributed by atoms with Crippen LogP contribution in [-0.2, 0) is 6.42 Å². The number of aromatic nitrogens is 2. The molecule has 0 bridgehead atoms. The van der Waals surface area contributed by atoms with Crippen molar-refractivity contribution in [1.29, 1.82) is 0 Å². The van der Waals surface area contributed by atoms with Crippen LogP contribution >= 0.6 is 0 Å². The summed E-state index contributed by atoms with van der Waals surface area (Å²) < 4.78 is 5.17. The van der Waals surface area contributed by atoms with Crippen LogP contribution in [0.3, 0.4) is 0 Å². The molecule has 0 unspecified atom stereocenters. The van der Waals surface area contributed by atoms with Crippen molar-refractivity contribution in [1.82, 2.24) is 9.97 Å². The van der Waals surface area contributed by atoms with Gasteiger partial charge in [-0.1, -0.05) is 17.7 Å². The molecular weight excluding hydrogens is 378 g/mol. The van der Waals surface area contributed by atoms with Crippen LogP contribution in [0.4, 0.5) is 16.3 Å². The van der Waals surface area contributed by atoms with E-state index in [-0.39, 0.29) is 29.5 Å². The molecule has 10 heteroatoms. The Morgan fingerprint density at radius 3 is 2.55 bits per heavy atom. The van der Waals surface area contributed by atoms with Gasteiger partial charge in [-0.25, -0.2) is 14.6 Å². The van der Waals surface area contributed by atoms with Crippen molar-refractivity contribution in [2.24, 2.45) is 5.73 Å². The Kier molecular flexibility index (Phi) is 5.35. The minimum absolute atomic E-state index is 0.0419. The molecule has 6 N–H and O–H groups in total. The molecule has 1 aromatic carbocycles. The highest BCUT2D eigenvalue weighted by molar-refractivity contribution is 6.04. The van der Waals surface area contributed by atoms with Gasteiger partial charge < -0.3 is 25.6 Å². The Hall–Kier alpha value is -4.08. The van der Waals surface area contributed by atoms with E-state index in [1.807, 2.05) is 26.0 Å². The molecule has 10 nitrogen and oxygen atoms in total. The number of carbonyl (C=O) groups excluding carboxylic acids is 2. The number of carboxylic acid groups (broad SMARTS) is 1. The molecule has 0 saturated heterocycles. The Morgan fingerprint density at radius 1 is 1.17 bits per heavy atom. The molecular formula is C19H19N5O5. The molecule has 150 valence electrons. The van der Waals surface area contributed by atoms with E-state index in [1.165, 1.54) is 12.1 Å². The number of rotatable bonds is 6. The van der Waals surface area contributed by atoms with Crippen LogP contribution in [0.1, 0.15) is 43.8 Å². The molecule has 0 aliphatic heterocycles. The first-order chi connectivity index (χ1) is 13.7. The third kappa shape index (κ3) is 4.61. The van der Waals surface area contributed by atoms with Crippen LogP contribution in [-0.4, -0.2) is 33.0 Å². The maximum absolute atomic E-state index is 12.3. The number of nitrogens with two attached hydrogens (primary N) is 1. The summed E-state index contributed by atoms with van der Waals surface area (Å²) >= 11 is 0. The van der Waals surface area contributed by atoms with Crippen molar-refractivity contribution < 1.29 is 23.9 Å². The summed E-state index contributed by atoms with van der Waals surface area (Å²) in [5, 5.41) is 14.1. The van der Waals surface area contributed by atoms with E-state index >= 15 is 0 Å². The fraction of sp³-hybridized carbons (Fsp3) is 0.158. The molecule has 0 aliphatic rings. The van der Waals surface area contributed by atoms with Crippen molar-refractivity contribution in [2.45, 2.75) is 20.3 Å². The van der Waals surface area contributed by atoms with E-state index in [1.54, 1.807) is 6.07 Å². The number of carboxylic acids is 1. The van der Waals surface area contributed by atoms with Gasteiger partial charge in [-0.2, -0.15) is 0 Å². The van der Waals surface area contributed by atoms with Gasteiger partial charge in [0.1, 0.15) is 17.3 Å². The maximum atomic E-state index is 12.3. The second-order valence-electron chi connectivity index (χ2n) is 6.42. The summed E-state index contributed by atoms with van der Waals surface area (Å²) in [6, 6.07) is 7.75. The number of anilines is 2. The molecule has 29 heavy (non-hydrogen) atoms. The zero-order chi connectivity index (χ0) is 21.1. The zero-order valence-corrected chi connectivity index (χ0v) is 15.7. The first kappa shape index (κ1) is 19.7. The standard InChI is InChI=1S/C19H19N5O5/c1-9-3-5-12(10(2)7-9)21-19(28)24-17-15(16(20)25)22-14(23-17)8-11-4-6-13(29-11)18(26)27/h3-7H,8H2,1-2H3,(H2,20,25)(H,22,23)(H,26,27)(H2,21,24,28). The number of aryl methyl sites for hydroxylation is 2. The number of aromatic carboxylic acids is 1. The minimum atomic E-state index is -1.20. The van der Waals surface area contributed by atoms with Crippen LogP contribution < -0.4 is 16.4 Å². The lowest BCUT2D eigenvalue weighted by molar-refractivity contribution is 0.0660. The highest BCUT2D eigenvalue weighted by Gasteiger charge is 2.19. The van der Waals surface area contributed by atoms with Crippen molar-refractivity contribution in [2.75, 3.05) is 10.6 Å². The predicted molar refractivity (Wildman–Crippen MR) is 104 cm³/mol. The average molecular weight is 397 g/mol. The van der Waals surface area contributed by atoms with Gasteiger partial charge in [-0.05, 0) is 37.6 Å². The predicted octanol–water partition coefficient (Wildman–Crippen LogP) is 2.65. The van der Waals surface area contributed by atoms with Gasteiger partial charge in [0.15, 0.2) is 5.82 Å². The molecule has 0 fully saturated rings. The SMILES string of the molecule is Cc1ccc(NC(=O)Nc2nc(Cc3ccc(C(=O)O)o3)[nH]c2C(N)=O)c(C)c1. The topological polar surface area (TPSA) is 163 Å². The largest absolute Gasteiger partial charge is 0.475 e. The van der Waals surface area contributed by atoms with Crippen LogP contribution in [0.25, 0.3) is 0 Å². The highest BCUT2D eigenvalue weighted by atomic mass is 16.4. The summed E-state index contributed by atoms with van der Waals surface area (Å²) in [7, 11) is 0. The van der Waals surface area contributed by atoms with Gasteiger partial charge in [-0.15, -0.1) is 0 Å². The van der Waals surface area contributed by atoms with Gasteiger partial charge in [-0.3, -0.25) is 10.1 Å². The van der Waals surface area contributed by atoms with Crippen LogP contribution in [0.2, 0.25) is 0 Å². The lowest BCUT2D eigenvalue weighted by Crippen LogP contribution is -2.23. The molecule has 0 radical (unpaired) electrons.